The number of carbonyl (C=O) groups excluding carboxylic acids is 1. The van der Waals surface area contributed by atoms with Crippen LogP contribution in [0.5, 0.6) is 0 Å². The monoisotopic (exact) mass is 306 g/mol. The number of carboxylic acids is 1. The highest BCUT2D eigenvalue weighted by Crippen LogP contribution is 2.25. The molecule has 0 unspecified atom stereocenters. The van der Waals surface area contributed by atoms with Crippen molar-refractivity contribution < 1.29 is 14.7 Å². The SMILES string of the molecule is CCCC[C@H](NC(=O)c1cc(Cl)c(Cl)n1C)C(=O)O. The van der Waals surface area contributed by atoms with Crippen molar-refractivity contribution in [2.75, 3.05) is 0 Å². The lowest BCUT2D eigenvalue weighted by atomic mass is 10.1. The molecule has 0 saturated carbocycles. The first-order valence-electron chi connectivity index (χ1n) is 5.92. The van der Waals surface area contributed by atoms with E-state index in [9.17, 15) is 9.59 Å². The van der Waals surface area contributed by atoms with Crippen LogP contribution in [0.4, 0.5) is 0 Å². The second kappa shape index (κ2) is 6.82. The Hall–Kier alpha value is -1.20. The van der Waals surface area contributed by atoms with E-state index in [1.807, 2.05) is 6.92 Å². The minimum atomic E-state index is -1.05. The fraction of sp³-hybridized carbons (Fsp3) is 0.500. The topological polar surface area (TPSA) is 71.3 Å². The summed E-state index contributed by atoms with van der Waals surface area (Å²) in [6.45, 7) is 1.96. The van der Waals surface area contributed by atoms with Crippen LogP contribution in [-0.4, -0.2) is 27.6 Å². The molecule has 19 heavy (non-hydrogen) atoms. The van der Waals surface area contributed by atoms with Gasteiger partial charge in [-0.1, -0.05) is 43.0 Å². The molecule has 0 bridgehead atoms. The van der Waals surface area contributed by atoms with Gasteiger partial charge < -0.3 is 15.0 Å². The standard InChI is InChI=1S/C12H16Cl2N2O3/c1-3-4-5-8(12(18)19)15-11(17)9-6-7(13)10(14)16(9)2/h6,8H,3-5H2,1-2H3,(H,15,17)(H,18,19)/t8-/m0/s1. The minimum absolute atomic E-state index is 0.234. The van der Waals surface area contributed by atoms with Gasteiger partial charge in [-0.3, -0.25) is 4.79 Å². The number of aromatic nitrogens is 1. The van der Waals surface area contributed by atoms with Gasteiger partial charge in [-0.2, -0.15) is 0 Å². The molecule has 1 atom stereocenters. The van der Waals surface area contributed by atoms with Crippen molar-refractivity contribution in [1.82, 2.24) is 9.88 Å². The third-order valence-corrected chi connectivity index (χ3v) is 3.64. The van der Waals surface area contributed by atoms with Crippen molar-refractivity contribution in [2.45, 2.75) is 32.2 Å². The van der Waals surface area contributed by atoms with Gasteiger partial charge in [0.1, 0.15) is 16.9 Å². The highest BCUT2D eigenvalue weighted by Gasteiger charge is 2.22. The average molecular weight is 307 g/mol. The Morgan fingerprint density at radius 1 is 1.47 bits per heavy atom. The smallest absolute Gasteiger partial charge is 0.326 e. The van der Waals surface area contributed by atoms with Crippen LogP contribution in [0.25, 0.3) is 0 Å². The van der Waals surface area contributed by atoms with E-state index in [0.717, 1.165) is 12.8 Å². The number of unbranched alkanes of at least 4 members (excludes halogenated alkanes) is 1. The Balaban J connectivity index is 2.81. The zero-order chi connectivity index (χ0) is 14.6. The van der Waals surface area contributed by atoms with Crippen molar-refractivity contribution in [3.8, 4) is 0 Å². The second-order valence-electron chi connectivity index (χ2n) is 4.23. The number of aliphatic carboxylic acids is 1. The molecule has 0 aliphatic heterocycles. The molecule has 1 heterocycles. The Kier molecular flexibility index (Phi) is 5.69. The fourth-order valence-corrected chi connectivity index (χ4v) is 2.03. The number of carboxylic acid groups (broad SMARTS) is 1. The van der Waals surface area contributed by atoms with Gasteiger partial charge in [0, 0.05) is 7.05 Å². The summed E-state index contributed by atoms with van der Waals surface area (Å²) < 4.78 is 1.41. The van der Waals surface area contributed by atoms with E-state index in [4.69, 9.17) is 28.3 Å². The van der Waals surface area contributed by atoms with E-state index in [-0.39, 0.29) is 15.9 Å². The lowest BCUT2D eigenvalue weighted by Gasteiger charge is -2.14. The molecule has 1 rings (SSSR count). The number of amides is 1. The molecular weight excluding hydrogens is 291 g/mol. The van der Waals surface area contributed by atoms with Crippen LogP contribution in [0.3, 0.4) is 0 Å². The number of rotatable bonds is 6. The van der Waals surface area contributed by atoms with Gasteiger partial charge in [0.2, 0.25) is 0 Å². The van der Waals surface area contributed by atoms with Crippen LogP contribution in [0.2, 0.25) is 10.2 Å². The lowest BCUT2D eigenvalue weighted by Crippen LogP contribution is -2.41. The van der Waals surface area contributed by atoms with Gasteiger partial charge in [0.25, 0.3) is 5.91 Å². The van der Waals surface area contributed by atoms with Crippen molar-refractivity contribution in [3.05, 3.63) is 21.9 Å². The maximum atomic E-state index is 12.0. The van der Waals surface area contributed by atoms with E-state index < -0.39 is 17.9 Å². The van der Waals surface area contributed by atoms with Gasteiger partial charge >= 0.3 is 5.97 Å². The summed E-state index contributed by atoms with van der Waals surface area (Å²) in [6, 6.07) is 0.512. The van der Waals surface area contributed by atoms with Crippen molar-refractivity contribution in [1.29, 1.82) is 0 Å². The molecule has 1 amide bonds. The maximum absolute atomic E-state index is 12.0. The molecule has 0 aliphatic rings. The van der Waals surface area contributed by atoms with E-state index in [0.29, 0.717) is 6.42 Å². The molecule has 0 radical (unpaired) electrons. The highest BCUT2D eigenvalue weighted by atomic mass is 35.5. The molecule has 5 nitrogen and oxygen atoms in total. The summed E-state index contributed by atoms with van der Waals surface area (Å²) in [5.74, 6) is -1.55. The first-order chi connectivity index (χ1) is 8.88. The van der Waals surface area contributed by atoms with E-state index in [1.165, 1.54) is 10.6 Å². The van der Waals surface area contributed by atoms with Crippen LogP contribution in [0.1, 0.15) is 36.7 Å². The van der Waals surface area contributed by atoms with E-state index in [1.54, 1.807) is 7.05 Å². The molecule has 2 N–H and O–H groups in total. The average Bonchev–Trinajstić information content (AvgIpc) is 2.61. The Morgan fingerprint density at radius 2 is 2.11 bits per heavy atom. The summed E-state index contributed by atoms with van der Waals surface area (Å²) in [4.78, 5) is 23.1. The van der Waals surface area contributed by atoms with Gasteiger partial charge in [0.15, 0.2) is 0 Å². The van der Waals surface area contributed by atoms with Crippen LogP contribution in [0.15, 0.2) is 6.07 Å². The van der Waals surface area contributed by atoms with Crippen LogP contribution >= 0.6 is 23.2 Å². The van der Waals surface area contributed by atoms with Crippen LogP contribution in [0, 0.1) is 0 Å². The Morgan fingerprint density at radius 3 is 2.53 bits per heavy atom. The van der Waals surface area contributed by atoms with Crippen LogP contribution < -0.4 is 5.32 Å². The molecule has 1 aromatic rings. The molecule has 0 spiro atoms. The van der Waals surface area contributed by atoms with Crippen molar-refractivity contribution >= 4 is 35.1 Å². The van der Waals surface area contributed by atoms with Gasteiger partial charge in [-0.05, 0) is 12.5 Å². The summed E-state index contributed by atoms with van der Waals surface area (Å²) >= 11 is 11.7. The summed E-state index contributed by atoms with van der Waals surface area (Å²) in [5, 5.41) is 12.0. The largest absolute Gasteiger partial charge is 0.480 e. The fourth-order valence-electron chi connectivity index (χ4n) is 1.66. The number of hydrogen-bond donors (Lipinski definition) is 2. The molecule has 0 fully saturated rings. The molecule has 106 valence electrons. The molecule has 0 aliphatic carbocycles. The van der Waals surface area contributed by atoms with Gasteiger partial charge in [-0.15, -0.1) is 0 Å². The number of carbonyl (C=O) groups is 2. The second-order valence-corrected chi connectivity index (χ2v) is 5.00. The van der Waals surface area contributed by atoms with Crippen molar-refractivity contribution in [3.63, 3.8) is 0 Å². The molecule has 0 saturated heterocycles. The summed E-state index contributed by atoms with van der Waals surface area (Å²) in [6.07, 6.45) is 1.98. The zero-order valence-corrected chi connectivity index (χ0v) is 12.3. The minimum Gasteiger partial charge on any atom is -0.480 e. The van der Waals surface area contributed by atoms with E-state index in [2.05, 4.69) is 5.32 Å². The molecular formula is C12H16Cl2N2O3. The van der Waals surface area contributed by atoms with Crippen molar-refractivity contribution in [2.24, 2.45) is 7.05 Å². The summed E-state index contributed by atoms with van der Waals surface area (Å²) in [7, 11) is 1.59. The predicted octanol–water partition coefficient (Wildman–Crippen LogP) is 2.71. The zero-order valence-electron chi connectivity index (χ0n) is 10.7. The normalized spacial score (nSPS) is 12.2. The van der Waals surface area contributed by atoms with Gasteiger partial charge in [-0.25, -0.2) is 4.79 Å². The Labute approximate surface area is 121 Å². The summed E-state index contributed by atoms with van der Waals surface area (Å²) in [5.41, 5.74) is 0.234. The number of halogens is 2. The van der Waals surface area contributed by atoms with Crippen LogP contribution in [-0.2, 0) is 11.8 Å². The third-order valence-electron chi connectivity index (χ3n) is 2.80. The number of nitrogens with zero attached hydrogens (tertiary/aromatic N) is 1. The lowest BCUT2D eigenvalue weighted by molar-refractivity contribution is -0.139. The molecule has 0 aromatic carbocycles. The number of nitrogens with one attached hydrogen (secondary N) is 1. The van der Waals surface area contributed by atoms with E-state index >= 15 is 0 Å². The predicted molar refractivity (Wildman–Crippen MR) is 73.8 cm³/mol. The first kappa shape index (κ1) is 15.9. The molecule has 7 heteroatoms. The van der Waals surface area contributed by atoms with Gasteiger partial charge in [0.05, 0.1) is 5.02 Å². The number of hydrogen-bond acceptors (Lipinski definition) is 2. The highest BCUT2D eigenvalue weighted by molar-refractivity contribution is 6.41. The first-order valence-corrected chi connectivity index (χ1v) is 6.68. The Bertz CT molecular complexity index is 486. The quantitative estimate of drug-likeness (QED) is 0.849. The third kappa shape index (κ3) is 3.88. The maximum Gasteiger partial charge on any atom is 0.326 e. The molecule has 1 aromatic heterocycles.